The number of ether oxygens (including phenoxy) is 1. The van der Waals surface area contributed by atoms with E-state index in [0.717, 1.165) is 11.1 Å². The van der Waals surface area contributed by atoms with Gasteiger partial charge in [-0.15, -0.1) is 0 Å². The Hall–Kier alpha value is -1.26. The van der Waals surface area contributed by atoms with Crippen LogP contribution in [0.25, 0.3) is 0 Å². The normalized spacial score (nSPS) is 12.4. The van der Waals surface area contributed by atoms with E-state index >= 15 is 0 Å². The lowest BCUT2D eigenvalue weighted by molar-refractivity contribution is 0.136. The molecule has 0 amide bonds. The highest BCUT2D eigenvalue weighted by atomic mass is 79.9. The van der Waals surface area contributed by atoms with E-state index in [2.05, 4.69) is 15.9 Å². The van der Waals surface area contributed by atoms with Gasteiger partial charge in [-0.25, -0.2) is 8.78 Å². The van der Waals surface area contributed by atoms with Crippen LogP contribution in [0.1, 0.15) is 17.2 Å². The van der Waals surface area contributed by atoms with Crippen molar-refractivity contribution in [3.8, 4) is 0 Å². The number of methoxy groups -OCH3 is 1. The van der Waals surface area contributed by atoms with Crippen LogP contribution in [-0.4, -0.2) is 7.11 Å². The molecule has 0 radical (unpaired) electrons. The zero-order valence-electron chi connectivity index (χ0n) is 9.66. The number of halogens is 3. The van der Waals surface area contributed by atoms with Gasteiger partial charge in [0, 0.05) is 11.6 Å². The molecule has 18 heavy (non-hydrogen) atoms. The molecule has 0 fully saturated rings. The summed E-state index contributed by atoms with van der Waals surface area (Å²) in [6.07, 6.45) is -0.361. The van der Waals surface area contributed by atoms with Crippen LogP contribution < -0.4 is 0 Å². The molecule has 4 heteroatoms. The van der Waals surface area contributed by atoms with Gasteiger partial charge in [0.15, 0.2) is 0 Å². The fourth-order valence-electron chi connectivity index (χ4n) is 1.79. The predicted octanol–water partition coefficient (Wildman–Crippen LogP) is 4.46. The first-order chi connectivity index (χ1) is 8.61. The lowest BCUT2D eigenvalue weighted by atomic mass is 10.0. The Morgan fingerprint density at radius 3 is 2.17 bits per heavy atom. The van der Waals surface area contributed by atoms with Crippen molar-refractivity contribution in [2.45, 2.75) is 6.10 Å². The van der Waals surface area contributed by atoms with E-state index in [0.29, 0.717) is 4.47 Å². The van der Waals surface area contributed by atoms with Crippen molar-refractivity contribution < 1.29 is 13.5 Å². The van der Waals surface area contributed by atoms with Crippen LogP contribution in [0, 0.1) is 11.6 Å². The van der Waals surface area contributed by atoms with Gasteiger partial charge in [-0.05, 0) is 35.4 Å². The molecule has 0 aromatic heterocycles. The Bertz CT molecular complexity index is 540. The SMILES string of the molecule is CO[C@H](c1ccc(F)cc1)c1ccc(F)cc1Br. The van der Waals surface area contributed by atoms with E-state index in [1.807, 2.05) is 0 Å². The second-order valence-corrected chi connectivity index (χ2v) is 4.69. The molecule has 0 spiro atoms. The summed E-state index contributed by atoms with van der Waals surface area (Å²) < 4.78 is 32.0. The minimum Gasteiger partial charge on any atom is -0.372 e. The first kappa shape index (κ1) is 13.2. The molecule has 0 aliphatic carbocycles. The summed E-state index contributed by atoms with van der Waals surface area (Å²) in [5.74, 6) is -0.619. The Kier molecular flexibility index (Phi) is 4.09. The zero-order chi connectivity index (χ0) is 13.1. The van der Waals surface area contributed by atoms with E-state index < -0.39 is 0 Å². The number of rotatable bonds is 3. The summed E-state index contributed by atoms with van der Waals surface area (Å²) >= 11 is 3.31. The van der Waals surface area contributed by atoms with Crippen molar-refractivity contribution in [3.63, 3.8) is 0 Å². The number of benzene rings is 2. The van der Waals surface area contributed by atoms with E-state index in [-0.39, 0.29) is 17.7 Å². The molecule has 0 aliphatic heterocycles. The van der Waals surface area contributed by atoms with E-state index in [4.69, 9.17) is 4.74 Å². The van der Waals surface area contributed by atoms with Crippen molar-refractivity contribution >= 4 is 15.9 Å². The van der Waals surface area contributed by atoms with Gasteiger partial charge in [0.05, 0.1) is 0 Å². The largest absolute Gasteiger partial charge is 0.372 e. The molecule has 2 aromatic rings. The van der Waals surface area contributed by atoms with Crippen LogP contribution in [0.2, 0.25) is 0 Å². The summed E-state index contributed by atoms with van der Waals surface area (Å²) in [7, 11) is 1.56. The minimum atomic E-state index is -0.361. The maximum absolute atomic E-state index is 13.0. The summed E-state index contributed by atoms with van der Waals surface area (Å²) in [6.45, 7) is 0. The summed E-state index contributed by atoms with van der Waals surface area (Å²) in [6, 6.07) is 10.5. The number of hydrogen-bond acceptors (Lipinski definition) is 1. The Balaban J connectivity index is 2.41. The molecule has 0 aliphatic rings. The van der Waals surface area contributed by atoms with Gasteiger partial charge >= 0.3 is 0 Å². The zero-order valence-corrected chi connectivity index (χ0v) is 11.2. The summed E-state index contributed by atoms with van der Waals surface area (Å²) in [4.78, 5) is 0. The average Bonchev–Trinajstić information content (AvgIpc) is 2.35. The monoisotopic (exact) mass is 312 g/mol. The van der Waals surface area contributed by atoms with E-state index in [9.17, 15) is 8.78 Å². The predicted molar refractivity (Wildman–Crippen MR) is 69.4 cm³/mol. The Morgan fingerprint density at radius 1 is 1.00 bits per heavy atom. The van der Waals surface area contributed by atoms with E-state index in [1.54, 1.807) is 25.3 Å². The third-order valence-electron chi connectivity index (χ3n) is 2.65. The molecule has 0 heterocycles. The molecular weight excluding hydrogens is 302 g/mol. The van der Waals surface area contributed by atoms with Crippen LogP contribution in [0.4, 0.5) is 8.78 Å². The molecule has 94 valence electrons. The first-order valence-electron chi connectivity index (χ1n) is 5.35. The van der Waals surface area contributed by atoms with Gasteiger partial charge in [-0.3, -0.25) is 0 Å². The standard InChI is InChI=1S/C14H11BrF2O/c1-18-14(9-2-4-10(16)5-3-9)12-7-6-11(17)8-13(12)15/h2-8,14H,1H3/t14-/m1/s1. The minimum absolute atomic E-state index is 0.299. The highest BCUT2D eigenvalue weighted by molar-refractivity contribution is 9.10. The molecule has 0 saturated carbocycles. The molecule has 2 aromatic carbocycles. The maximum Gasteiger partial charge on any atom is 0.124 e. The van der Waals surface area contributed by atoms with Crippen molar-refractivity contribution in [2.75, 3.05) is 7.11 Å². The van der Waals surface area contributed by atoms with Crippen LogP contribution in [0.15, 0.2) is 46.9 Å². The van der Waals surface area contributed by atoms with Crippen molar-refractivity contribution in [1.29, 1.82) is 0 Å². The second-order valence-electron chi connectivity index (χ2n) is 3.83. The highest BCUT2D eigenvalue weighted by Gasteiger charge is 2.16. The second kappa shape index (κ2) is 5.59. The van der Waals surface area contributed by atoms with E-state index in [1.165, 1.54) is 24.3 Å². The van der Waals surface area contributed by atoms with Gasteiger partial charge in [-0.2, -0.15) is 0 Å². The maximum atomic E-state index is 13.0. The van der Waals surface area contributed by atoms with Crippen molar-refractivity contribution in [2.24, 2.45) is 0 Å². The topological polar surface area (TPSA) is 9.23 Å². The van der Waals surface area contributed by atoms with Crippen LogP contribution >= 0.6 is 15.9 Å². The molecule has 0 saturated heterocycles. The molecule has 1 nitrogen and oxygen atoms in total. The van der Waals surface area contributed by atoms with Gasteiger partial charge in [-0.1, -0.05) is 34.1 Å². The van der Waals surface area contributed by atoms with Gasteiger partial charge < -0.3 is 4.74 Å². The quantitative estimate of drug-likeness (QED) is 0.813. The third kappa shape index (κ3) is 2.76. The van der Waals surface area contributed by atoms with Crippen molar-refractivity contribution in [3.05, 3.63) is 69.7 Å². The Morgan fingerprint density at radius 2 is 1.61 bits per heavy atom. The molecular formula is C14H11BrF2O. The fraction of sp³-hybridized carbons (Fsp3) is 0.143. The molecule has 2 rings (SSSR count). The van der Waals surface area contributed by atoms with Crippen LogP contribution in [-0.2, 0) is 4.74 Å². The lowest BCUT2D eigenvalue weighted by Gasteiger charge is -2.17. The summed E-state index contributed by atoms with van der Waals surface area (Å²) in [5.41, 5.74) is 1.61. The highest BCUT2D eigenvalue weighted by Crippen LogP contribution is 2.31. The Labute approximate surface area is 113 Å². The first-order valence-corrected chi connectivity index (χ1v) is 6.14. The van der Waals surface area contributed by atoms with Gasteiger partial charge in [0.2, 0.25) is 0 Å². The molecule has 0 N–H and O–H groups in total. The lowest BCUT2D eigenvalue weighted by Crippen LogP contribution is -2.04. The smallest absolute Gasteiger partial charge is 0.124 e. The molecule has 0 unspecified atom stereocenters. The average molecular weight is 313 g/mol. The number of hydrogen-bond donors (Lipinski definition) is 0. The fourth-order valence-corrected chi connectivity index (χ4v) is 2.35. The molecule has 0 bridgehead atoms. The van der Waals surface area contributed by atoms with Gasteiger partial charge in [0.1, 0.15) is 17.7 Å². The van der Waals surface area contributed by atoms with Crippen molar-refractivity contribution in [1.82, 2.24) is 0 Å². The van der Waals surface area contributed by atoms with Gasteiger partial charge in [0.25, 0.3) is 0 Å². The van der Waals surface area contributed by atoms with Crippen LogP contribution in [0.5, 0.6) is 0 Å². The summed E-state index contributed by atoms with van der Waals surface area (Å²) in [5, 5.41) is 0. The molecule has 1 atom stereocenters. The van der Waals surface area contributed by atoms with Crippen LogP contribution in [0.3, 0.4) is 0 Å². The third-order valence-corrected chi connectivity index (χ3v) is 3.34.